The topological polar surface area (TPSA) is 54.3 Å². The van der Waals surface area contributed by atoms with Crippen LogP contribution in [-0.4, -0.2) is 18.5 Å². The average Bonchev–Trinajstić information content (AvgIpc) is 2.86. The fraction of sp³-hybridized carbons (Fsp3) is 0.471. The molecule has 1 aliphatic heterocycles. The number of benzene rings is 1. The monoisotopic (exact) mass is 322 g/mol. The number of halogens is 1. The maximum absolute atomic E-state index is 12.3. The van der Waals surface area contributed by atoms with Crippen LogP contribution in [0.4, 0.5) is 0 Å². The van der Waals surface area contributed by atoms with Crippen LogP contribution in [0.1, 0.15) is 43.6 Å². The van der Waals surface area contributed by atoms with Crippen molar-refractivity contribution >= 4 is 29.3 Å². The Morgan fingerprint density at radius 2 is 2.14 bits per heavy atom. The van der Waals surface area contributed by atoms with Crippen molar-refractivity contribution < 1.29 is 9.21 Å². The number of fused-ring (bicyclic) bond motifs is 1. The molecule has 1 fully saturated rings. The van der Waals surface area contributed by atoms with Gasteiger partial charge in [-0.15, -0.1) is 12.4 Å². The van der Waals surface area contributed by atoms with E-state index in [2.05, 4.69) is 16.7 Å². The van der Waals surface area contributed by atoms with E-state index in [9.17, 15) is 4.79 Å². The Kier molecular flexibility index (Phi) is 5.48. The lowest BCUT2D eigenvalue weighted by Gasteiger charge is -2.24. The zero-order valence-electron chi connectivity index (χ0n) is 13.0. The number of para-hydroxylation sites is 1. The molecule has 1 amide bonds. The first-order valence-corrected chi connectivity index (χ1v) is 7.68. The number of piperidine rings is 1. The number of carbonyl (C=O) groups is 1. The average molecular weight is 323 g/mol. The largest absolute Gasteiger partial charge is 0.459 e. The Labute approximate surface area is 137 Å². The summed E-state index contributed by atoms with van der Waals surface area (Å²) in [5.41, 5.74) is 1.98. The summed E-state index contributed by atoms with van der Waals surface area (Å²) in [5.74, 6) is 0.919. The van der Waals surface area contributed by atoms with Crippen LogP contribution in [0.2, 0.25) is 0 Å². The van der Waals surface area contributed by atoms with Gasteiger partial charge in [0.2, 0.25) is 5.91 Å². The van der Waals surface area contributed by atoms with Crippen molar-refractivity contribution in [3.8, 4) is 0 Å². The van der Waals surface area contributed by atoms with Gasteiger partial charge in [-0.05, 0) is 39.3 Å². The summed E-state index contributed by atoms with van der Waals surface area (Å²) in [7, 11) is 0. The minimum absolute atomic E-state index is 0. The Morgan fingerprint density at radius 3 is 2.82 bits per heavy atom. The molecule has 1 aliphatic rings. The second-order valence-corrected chi connectivity index (χ2v) is 5.82. The SMILES string of the molecule is Cc1c(C(C)NC(=O)C2CCCCN2)oc2ccccc12.Cl. The molecule has 2 N–H and O–H groups in total. The first kappa shape index (κ1) is 16.8. The van der Waals surface area contributed by atoms with Crippen molar-refractivity contribution in [3.63, 3.8) is 0 Å². The highest BCUT2D eigenvalue weighted by atomic mass is 35.5. The molecular formula is C17H23ClN2O2. The van der Waals surface area contributed by atoms with Crippen molar-refractivity contribution in [1.82, 2.24) is 10.6 Å². The fourth-order valence-electron chi connectivity index (χ4n) is 3.06. The molecule has 0 bridgehead atoms. The minimum atomic E-state index is -0.117. The lowest BCUT2D eigenvalue weighted by molar-refractivity contribution is -0.124. The van der Waals surface area contributed by atoms with E-state index in [0.29, 0.717) is 0 Å². The molecule has 0 aliphatic carbocycles. The molecule has 2 aromatic rings. The van der Waals surface area contributed by atoms with Gasteiger partial charge in [-0.2, -0.15) is 0 Å². The van der Waals surface area contributed by atoms with Crippen LogP contribution in [0.25, 0.3) is 11.0 Å². The maximum atomic E-state index is 12.3. The number of aryl methyl sites for hydroxylation is 1. The van der Waals surface area contributed by atoms with E-state index >= 15 is 0 Å². The van der Waals surface area contributed by atoms with Crippen molar-refractivity contribution in [2.24, 2.45) is 0 Å². The van der Waals surface area contributed by atoms with Gasteiger partial charge in [-0.25, -0.2) is 0 Å². The van der Waals surface area contributed by atoms with Gasteiger partial charge in [0.1, 0.15) is 11.3 Å². The van der Waals surface area contributed by atoms with E-state index in [1.54, 1.807) is 0 Å². The summed E-state index contributed by atoms with van der Waals surface area (Å²) in [4.78, 5) is 12.3. The maximum Gasteiger partial charge on any atom is 0.237 e. The standard InChI is InChI=1S/C17H22N2O2.ClH/c1-11-13-7-3-4-9-15(13)21-16(11)12(2)19-17(20)14-8-5-6-10-18-14;/h3-4,7,9,12,14,18H,5-6,8,10H2,1-2H3,(H,19,20);1H. The highest BCUT2D eigenvalue weighted by Crippen LogP contribution is 2.29. The van der Waals surface area contributed by atoms with Gasteiger partial charge in [0, 0.05) is 10.9 Å². The van der Waals surface area contributed by atoms with Crippen molar-refractivity contribution in [3.05, 3.63) is 35.6 Å². The molecule has 0 radical (unpaired) electrons. The molecule has 0 spiro atoms. The van der Waals surface area contributed by atoms with Crippen LogP contribution in [0.3, 0.4) is 0 Å². The summed E-state index contributed by atoms with van der Waals surface area (Å²) in [6.45, 7) is 4.95. The molecule has 120 valence electrons. The summed E-state index contributed by atoms with van der Waals surface area (Å²) in [5, 5.41) is 7.46. The Bertz CT molecular complexity index is 647. The number of hydrogen-bond donors (Lipinski definition) is 2. The van der Waals surface area contributed by atoms with Gasteiger partial charge in [-0.3, -0.25) is 4.79 Å². The van der Waals surface area contributed by atoms with Crippen LogP contribution in [0.5, 0.6) is 0 Å². The molecule has 5 heteroatoms. The van der Waals surface area contributed by atoms with Gasteiger partial charge < -0.3 is 15.1 Å². The van der Waals surface area contributed by atoms with Crippen LogP contribution in [0.15, 0.2) is 28.7 Å². The number of amides is 1. The van der Waals surface area contributed by atoms with E-state index in [4.69, 9.17) is 4.42 Å². The van der Waals surface area contributed by atoms with Gasteiger partial charge in [0.15, 0.2) is 0 Å². The third kappa shape index (κ3) is 3.28. The normalized spacial score (nSPS) is 19.5. The summed E-state index contributed by atoms with van der Waals surface area (Å²) >= 11 is 0. The molecule has 22 heavy (non-hydrogen) atoms. The molecule has 1 aromatic heterocycles. The third-order valence-corrected chi connectivity index (χ3v) is 4.26. The van der Waals surface area contributed by atoms with E-state index in [-0.39, 0.29) is 30.4 Å². The van der Waals surface area contributed by atoms with Gasteiger partial charge in [-0.1, -0.05) is 24.6 Å². The Morgan fingerprint density at radius 1 is 1.36 bits per heavy atom. The molecular weight excluding hydrogens is 300 g/mol. The summed E-state index contributed by atoms with van der Waals surface area (Å²) in [6.07, 6.45) is 3.18. The van der Waals surface area contributed by atoms with E-state index in [0.717, 1.165) is 48.1 Å². The highest BCUT2D eigenvalue weighted by molar-refractivity contribution is 5.85. The Balaban J connectivity index is 0.00000176. The first-order chi connectivity index (χ1) is 10.2. The van der Waals surface area contributed by atoms with E-state index < -0.39 is 0 Å². The van der Waals surface area contributed by atoms with E-state index in [1.165, 1.54) is 0 Å². The summed E-state index contributed by atoms with van der Waals surface area (Å²) in [6, 6.07) is 7.80. The number of carbonyl (C=O) groups excluding carboxylic acids is 1. The predicted molar refractivity (Wildman–Crippen MR) is 90.4 cm³/mol. The molecule has 1 saturated heterocycles. The van der Waals surface area contributed by atoms with Crippen LogP contribution in [-0.2, 0) is 4.79 Å². The number of nitrogens with one attached hydrogen (secondary N) is 2. The second kappa shape index (κ2) is 7.16. The zero-order chi connectivity index (χ0) is 14.8. The van der Waals surface area contributed by atoms with Crippen molar-refractivity contribution in [2.45, 2.75) is 45.2 Å². The zero-order valence-corrected chi connectivity index (χ0v) is 13.8. The lowest BCUT2D eigenvalue weighted by atomic mass is 10.0. The predicted octanol–water partition coefficient (Wildman–Crippen LogP) is 3.48. The second-order valence-electron chi connectivity index (χ2n) is 5.82. The molecule has 4 nitrogen and oxygen atoms in total. The van der Waals surface area contributed by atoms with Crippen LogP contribution in [0, 0.1) is 6.92 Å². The molecule has 1 aromatic carbocycles. The lowest BCUT2D eigenvalue weighted by Crippen LogP contribution is -2.47. The number of hydrogen-bond acceptors (Lipinski definition) is 3. The smallest absolute Gasteiger partial charge is 0.237 e. The number of rotatable bonds is 3. The first-order valence-electron chi connectivity index (χ1n) is 7.68. The van der Waals surface area contributed by atoms with Crippen LogP contribution >= 0.6 is 12.4 Å². The van der Waals surface area contributed by atoms with Gasteiger partial charge in [0.05, 0.1) is 12.1 Å². The molecule has 3 rings (SSSR count). The van der Waals surface area contributed by atoms with Crippen LogP contribution < -0.4 is 10.6 Å². The third-order valence-electron chi connectivity index (χ3n) is 4.26. The molecule has 2 heterocycles. The fourth-order valence-corrected chi connectivity index (χ4v) is 3.06. The molecule has 0 saturated carbocycles. The molecule has 2 atom stereocenters. The van der Waals surface area contributed by atoms with Crippen molar-refractivity contribution in [2.75, 3.05) is 6.54 Å². The highest BCUT2D eigenvalue weighted by Gasteiger charge is 2.24. The van der Waals surface area contributed by atoms with Gasteiger partial charge in [0.25, 0.3) is 0 Å². The van der Waals surface area contributed by atoms with Crippen molar-refractivity contribution in [1.29, 1.82) is 0 Å². The van der Waals surface area contributed by atoms with E-state index in [1.807, 2.05) is 32.0 Å². The molecule has 2 unspecified atom stereocenters. The Hall–Kier alpha value is -1.52. The minimum Gasteiger partial charge on any atom is -0.459 e. The van der Waals surface area contributed by atoms with Gasteiger partial charge >= 0.3 is 0 Å². The number of furan rings is 1. The quantitative estimate of drug-likeness (QED) is 0.909. The summed E-state index contributed by atoms with van der Waals surface area (Å²) < 4.78 is 5.91.